The van der Waals surface area contributed by atoms with Gasteiger partial charge in [-0.2, -0.15) is 0 Å². The van der Waals surface area contributed by atoms with Crippen LogP contribution in [0.4, 0.5) is 0 Å². The van der Waals surface area contributed by atoms with Crippen molar-refractivity contribution in [2.75, 3.05) is 0 Å². The third kappa shape index (κ3) is 5.67. The van der Waals surface area contributed by atoms with Gasteiger partial charge in [-0.3, -0.25) is 4.79 Å². The molecule has 1 N–H and O–H groups in total. The molecule has 0 saturated heterocycles. The van der Waals surface area contributed by atoms with Crippen molar-refractivity contribution in [1.82, 2.24) is 0 Å². The molecule has 0 radical (unpaired) electrons. The maximum Gasteiger partial charge on any atom is 0.335 e. The Balaban J connectivity index is 1.77. The molecule has 3 nitrogen and oxygen atoms in total. The Hall–Kier alpha value is -3.46. The summed E-state index contributed by atoms with van der Waals surface area (Å²) in [7, 11) is 0. The summed E-state index contributed by atoms with van der Waals surface area (Å²) in [6, 6.07) is 19.6. The Morgan fingerprint density at radius 1 is 0.868 bits per heavy atom. The van der Waals surface area contributed by atoms with Crippen molar-refractivity contribution in [3.8, 4) is 0 Å². The van der Waals surface area contributed by atoms with Crippen LogP contribution < -0.4 is 0 Å². The number of rotatable bonds is 7. The van der Waals surface area contributed by atoms with E-state index >= 15 is 0 Å². The average Bonchev–Trinajstić information content (AvgIpc) is 2.85. The molecule has 38 heavy (non-hydrogen) atoms. The van der Waals surface area contributed by atoms with Crippen LogP contribution in [0.1, 0.15) is 108 Å². The van der Waals surface area contributed by atoms with Crippen LogP contribution in [0, 0.1) is 6.92 Å². The molecule has 0 aliphatic heterocycles. The van der Waals surface area contributed by atoms with Gasteiger partial charge in [0, 0.05) is 5.56 Å². The van der Waals surface area contributed by atoms with Crippen molar-refractivity contribution >= 4 is 17.8 Å². The second kappa shape index (κ2) is 10.0. The van der Waals surface area contributed by atoms with E-state index in [1.165, 1.54) is 27.8 Å². The molecule has 1 aliphatic rings. The molecule has 0 unspecified atom stereocenters. The molecule has 0 bridgehead atoms. The lowest BCUT2D eigenvalue weighted by atomic mass is 9.60. The molecule has 3 aromatic rings. The number of benzene rings is 3. The predicted octanol–water partition coefficient (Wildman–Crippen LogP) is 8.46. The van der Waals surface area contributed by atoms with E-state index in [4.69, 9.17) is 5.11 Å². The molecule has 0 amide bonds. The Morgan fingerprint density at radius 3 is 2.08 bits per heavy atom. The standard InChI is InChI=1S/C35H40O3/c1-23-8-15-28(16-9-23)35(6,7)22-27-20-26(21-29-31(27)34(4,5)19-18-33(29,2)3)30(36)17-12-24-10-13-25(14-11-24)32(37)38/h8-17,20-21H,18-19,22H2,1-7H3,(H,37,38). The molecule has 198 valence electrons. The van der Waals surface area contributed by atoms with Crippen LogP contribution in [0.15, 0.2) is 66.7 Å². The van der Waals surface area contributed by atoms with Gasteiger partial charge in [0.25, 0.3) is 0 Å². The van der Waals surface area contributed by atoms with E-state index in [2.05, 4.69) is 84.9 Å². The van der Waals surface area contributed by atoms with E-state index in [0.29, 0.717) is 5.56 Å². The number of ketones is 1. The first-order valence-electron chi connectivity index (χ1n) is 13.5. The predicted molar refractivity (Wildman–Crippen MR) is 156 cm³/mol. The average molecular weight is 509 g/mol. The van der Waals surface area contributed by atoms with Crippen LogP contribution in [-0.2, 0) is 22.7 Å². The number of aryl methyl sites for hydroxylation is 1. The Kier molecular flexibility index (Phi) is 7.27. The zero-order valence-corrected chi connectivity index (χ0v) is 23.8. The van der Waals surface area contributed by atoms with Crippen LogP contribution in [0.2, 0.25) is 0 Å². The van der Waals surface area contributed by atoms with Crippen molar-refractivity contribution in [3.05, 3.63) is 111 Å². The minimum absolute atomic E-state index is 0.0136. The fourth-order valence-electron chi connectivity index (χ4n) is 5.79. The molecule has 3 aromatic carbocycles. The molecule has 3 heteroatoms. The van der Waals surface area contributed by atoms with Crippen molar-refractivity contribution in [1.29, 1.82) is 0 Å². The lowest BCUT2D eigenvalue weighted by Crippen LogP contribution is -2.36. The molecular weight excluding hydrogens is 468 g/mol. The summed E-state index contributed by atoms with van der Waals surface area (Å²) < 4.78 is 0. The minimum Gasteiger partial charge on any atom is -0.478 e. The summed E-state index contributed by atoms with van der Waals surface area (Å²) in [6.45, 7) is 16.0. The Bertz CT molecular complexity index is 1380. The minimum atomic E-state index is -0.961. The molecule has 4 rings (SSSR count). The highest BCUT2D eigenvalue weighted by Gasteiger charge is 2.40. The maximum atomic E-state index is 13.5. The lowest BCUT2D eigenvalue weighted by Gasteiger charge is -2.44. The van der Waals surface area contributed by atoms with Crippen molar-refractivity contribution in [2.45, 2.75) is 84.0 Å². The topological polar surface area (TPSA) is 54.4 Å². The number of carbonyl (C=O) groups is 2. The molecule has 0 atom stereocenters. The third-order valence-electron chi connectivity index (χ3n) is 8.34. The van der Waals surface area contributed by atoms with Crippen LogP contribution in [0.3, 0.4) is 0 Å². The van der Waals surface area contributed by atoms with Crippen LogP contribution in [0.5, 0.6) is 0 Å². The second-order valence-electron chi connectivity index (χ2n) is 12.9. The summed E-state index contributed by atoms with van der Waals surface area (Å²) >= 11 is 0. The molecule has 0 fully saturated rings. The van der Waals surface area contributed by atoms with E-state index in [0.717, 1.165) is 24.8 Å². The lowest BCUT2D eigenvalue weighted by molar-refractivity contribution is 0.0696. The van der Waals surface area contributed by atoms with Gasteiger partial charge in [-0.15, -0.1) is 0 Å². The van der Waals surface area contributed by atoms with Crippen LogP contribution in [-0.4, -0.2) is 16.9 Å². The number of carbonyl (C=O) groups excluding carboxylic acids is 1. The molecule has 1 aliphatic carbocycles. The summed E-state index contributed by atoms with van der Waals surface area (Å²) in [4.78, 5) is 24.6. The Labute approximate surface area is 227 Å². The zero-order chi connectivity index (χ0) is 27.9. The van der Waals surface area contributed by atoms with Gasteiger partial charge in [-0.25, -0.2) is 4.79 Å². The van der Waals surface area contributed by atoms with E-state index in [1.54, 1.807) is 36.4 Å². The van der Waals surface area contributed by atoms with Gasteiger partial charge in [0.2, 0.25) is 0 Å². The van der Waals surface area contributed by atoms with E-state index in [1.807, 2.05) is 0 Å². The van der Waals surface area contributed by atoms with Crippen molar-refractivity contribution in [3.63, 3.8) is 0 Å². The number of hydrogen-bond acceptors (Lipinski definition) is 2. The van der Waals surface area contributed by atoms with Gasteiger partial charge in [-0.05, 0) is 101 Å². The van der Waals surface area contributed by atoms with Crippen LogP contribution >= 0.6 is 0 Å². The highest BCUT2D eigenvalue weighted by atomic mass is 16.4. The first-order chi connectivity index (χ1) is 17.7. The number of hydrogen-bond donors (Lipinski definition) is 1. The normalized spacial score (nSPS) is 16.3. The summed E-state index contributed by atoms with van der Waals surface area (Å²) in [5.74, 6) is -0.999. The third-order valence-corrected chi connectivity index (χ3v) is 8.34. The van der Waals surface area contributed by atoms with E-state index < -0.39 is 5.97 Å². The van der Waals surface area contributed by atoms with Crippen molar-refractivity contribution in [2.24, 2.45) is 0 Å². The van der Waals surface area contributed by atoms with Gasteiger partial charge in [0.1, 0.15) is 0 Å². The monoisotopic (exact) mass is 508 g/mol. The van der Waals surface area contributed by atoms with Gasteiger partial charge < -0.3 is 5.11 Å². The smallest absolute Gasteiger partial charge is 0.335 e. The molecule has 0 aromatic heterocycles. The molecule has 0 heterocycles. The number of fused-ring (bicyclic) bond motifs is 1. The highest BCUT2D eigenvalue weighted by molar-refractivity contribution is 6.07. The number of carboxylic acid groups (broad SMARTS) is 1. The quantitative estimate of drug-likeness (QED) is 0.257. The fourth-order valence-corrected chi connectivity index (χ4v) is 5.79. The molecular formula is C35H40O3. The summed E-state index contributed by atoms with van der Waals surface area (Å²) in [5, 5.41) is 9.14. The molecule has 0 saturated carbocycles. The van der Waals surface area contributed by atoms with Gasteiger partial charge in [-0.1, -0.05) is 89.6 Å². The van der Waals surface area contributed by atoms with Crippen LogP contribution in [0.25, 0.3) is 6.08 Å². The van der Waals surface area contributed by atoms with Gasteiger partial charge >= 0.3 is 5.97 Å². The summed E-state index contributed by atoms with van der Waals surface area (Å²) in [6.07, 6.45) is 6.41. The summed E-state index contributed by atoms with van der Waals surface area (Å²) in [5.41, 5.74) is 8.16. The van der Waals surface area contributed by atoms with Crippen molar-refractivity contribution < 1.29 is 14.7 Å². The SMILES string of the molecule is Cc1ccc(C(C)(C)Cc2cc(C(=O)C=Cc3ccc(C(=O)O)cc3)cc3c2C(C)(C)CCC3(C)C)cc1. The largest absolute Gasteiger partial charge is 0.478 e. The second-order valence-corrected chi connectivity index (χ2v) is 12.9. The maximum absolute atomic E-state index is 13.5. The van der Waals surface area contributed by atoms with Gasteiger partial charge in [0.15, 0.2) is 5.78 Å². The van der Waals surface area contributed by atoms with E-state index in [-0.39, 0.29) is 27.6 Å². The number of carboxylic acids is 1. The van der Waals surface area contributed by atoms with E-state index in [9.17, 15) is 9.59 Å². The number of allylic oxidation sites excluding steroid dienone is 1. The molecule has 0 spiro atoms. The highest BCUT2D eigenvalue weighted by Crippen LogP contribution is 2.48. The first kappa shape index (κ1) is 27.6. The Morgan fingerprint density at radius 2 is 1.47 bits per heavy atom. The number of aromatic carboxylic acids is 1. The van der Waals surface area contributed by atoms with Gasteiger partial charge in [0.05, 0.1) is 5.56 Å². The first-order valence-corrected chi connectivity index (χ1v) is 13.5. The zero-order valence-electron chi connectivity index (χ0n) is 23.8. The fraction of sp³-hybridized carbons (Fsp3) is 0.371.